The Morgan fingerprint density at radius 3 is 2.52 bits per heavy atom. The largest absolute Gasteiger partial charge is 0.454 e. The first-order valence-corrected chi connectivity index (χ1v) is 8.93. The Kier molecular flexibility index (Phi) is 2.79. The highest BCUT2D eigenvalue weighted by Gasteiger charge is 2.40. The zero-order valence-corrected chi connectivity index (χ0v) is 13.9. The molecule has 2 nitrogen and oxygen atoms in total. The van der Waals surface area contributed by atoms with Gasteiger partial charge in [0.1, 0.15) is 5.58 Å². The molecule has 2 aliphatic heterocycles. The van der Waals surface area contributed by atoms with Gasteiger partial charge in [0.25, 0.3) is 0 Å². The highest BCUT2D eigenvalue weighted by atomic mass is 16.3. The van der Waals surface area contributed by atoms with E-state index in [-0.39, 0.29) is 0 Å². The normalized spacial score (nSPS) is 27.2. The number of hydrogen-bond acceptors (Lipinski definition) is 2. The van der Waals surface area contributed by atoms with E-state index >= 15 is 0 Å². The molecule has 2 aromatic carbocycles. The highest BCUT2D eigenvalue weighted by Crippen LogP contribution is 2.46. The van der Waals surface area contributed by atoms with Crippen LogP contribution in [0.2, 0.25) is 0 Å². The van der Waals surface area contributed by atoms with Crippen LogP contribution in [0.1, 0.15) is 38.2 Å². The fourth-order valence-corrected chi connectivity index (χ4v) is 5.00. The maximum absolute atomic E-state index is 6.33. The Bertz CT molecular complexity index is 883. The zero-order valence-electron chi connectivity index (χ0n) is 13.9. The Hall–Kier alpha value is -1.96. The molecular formula is C21H23NO. The van der Waals surface area contributed by atoms with Crippen LogP contribution in [-0.4, -0.2) is 12.1 Å². The Morgan fingerprint density at radius 1 is 0.957 bits per heavy atom. The van der Waals surface area contributed by atoms with E-state index in [9.17, 15) is 0 Å². The molecular weight excluding hydrogens is 282 g/mol. The standard InChI is InChI=1S/C21H23NO/c1-13-7-12-18-17-5-3-4-6-19(17)23-21(18)20(13)22-14(2)15-8-10-16(22)11-9-15/h3-7,12,14-16H,8-11H2,1-2H3. The second-order valence-electron chi connectivity index (χ2n) is 7.42. The van der Waals surface area contributed by atoms with E-state index in [0.717, 1.165) is 17.1 Å². The van der Waals surface area contributed by atoms with E-state index in [0.29, 0.717) is 12.1 Å². The number of piperidine rings is 2. The molecule has 0 N–H and O–H groups in total. The number of fused-ring (bicyclic) bond motifs is 6. The van der Waals surface area contributed by atoms with Crippen LogP contribution in [-0.2, 0) is 0 Å². The number of furan rings is 1. The Morgan fingerprint density at radius 2 is 1.74 bits per heavy atom. The van der Waals surface area contributed by atoms with Crippen LogP contribution in [0.3, 0.4) is 0 Å². The van der Waals surface area contributed by atoms with Crippen molar-refractivity contribution in [1.29, 1.82) is 0 Å². The molecule has 0 radical (unpaired) electrons. The lowest BCUT2D eigenvalue weighted by Gasteiger charge is -2.52. The SMILES string of the molecule is Cc1ccc2c(oc3ccccc32)c1N1C2CCC(CC2)C1C. The quantitative estimate of drug-likeness (QED) is 0.576. The van der Waals surface area contributed by atoms with Gasteiger partial charge in [-0.25, -0.2) is 0 Å². The van der Waals surface area contributed by atoms with Gasteiger partial charge in [0, 0.05) is 22.9 Å². The predicted octanol–water partition coefficient (Wildman–Crippen LogP) is 5.66. The average Bonchev–Trinajstić information content (AvgIpc) is 2.95. The third kappa shape index (κ3) is 1.81. The molecule has 6 rings (SSSR count). The Labute approximate surface area is 137 Å². The number of para-hydroxylation sites is 1. The van der Waals surface area contributed by atoms with Gasteiger partial charge < -0.3 is 9.32 Å². The number of nitrogens with zero attached hydrogens (tertiary/aromatic N) is 1. The van der Waals surface area contributed by atoms with Crippen molar-refractivity contribution in [2.24, 2.45) is 5.92 Å². The van der Waals surface area contributed by atoms with Crippen molar-refractivity contribution in [2.75, 3.05) is 4.90 Å². The van der Waals surface area contributed by atoms with Crippen LogP contribution in [0.5, 0.6) is 0 Å². The van der Waals surface area contributed by atoms with Crippen molar-refractivity contribution >= 4 is 27.6 Å². The smallest absolute Gasteiger partial charge is 0.158 e. The molecule has 23 heavy (non-hydrogen) atoms. The summed E-state index contributed by atoms with van der Waals surface area (Å²) < 4.78 is 6.33. The highest BCUT2D eigenvalue weighted by molar-refractivity contribution is 6.09. The van der Waals surface area contributed by atoms with Gasteiger partial charge in [-0.1, -0.05) is 30.3 Å². The van der Waals surface area contributed by atoms with Gasteiger partial charge in [-0.15, -0.1) is 0 Å². The molecule has 1 saturated carbocycles. The number of anilines is 1. The van der Waals surface area contributed by atoms with Gasteiger partial charge in [0.2, 0.25) is 0 Å². The van der Waals surface area contributed by atoms with Gasteiger partial charge in [0.05, 0.1) is 5.69 Å². The van der Waals surface area contributed by atoms with Crippen molar-refractivity contribution in [2.45, 2.75) is 51.6 Å². The van der Waals surface area contributed by atoms with Crippen LogP contribution in [0, 0.1) is 12.8 Å². The molecule has 2 bridgehead atoms. The number of aryl methyl sites for hydroxylation is 1. The van der Waals surface area contributed by atoms with E-state index in [4.69, 9.17) is 4.42 Å². The van der Waals surface area contributed by atoms with Crippen molar-refractivity contribution in [1.82, 2.24) is 0 Å². The van der Waals surface area contributed by atoms with Crippen molar-refractivity contribution in [3.8, 4) is 0 Å². The van der Waals surface area contributed by atoms with Crippen LogP contribution in [0.15, 0.2) is 40.8 Å². The van der Waals surface area contributed by atoms with Gasteiger partial charge in [0.15, 0.2) is 5.58 Å². The maximum atomic E-state index is 6.33. The van der Waals surface area contributed by atoms with Crippen molar-refractivity contribution in [3.63, 3.8) is 0 Å². The molecule has 1 aliphatic carbocycles. The van der Waals surface area contributed by atoms with E-state index in [1.54, 1.807) is 0 Å². The lowest BCUT2D eigenvalue weighted by atomic mass is 9.74. The minimum Gasteiger partial charge on any atom is -0.454 e. The minimum absolute atomic E-state index is 0.625. The second kappa shape index (κ2) is 4.77. The first-order chi connectivity index (χ1) is 11.2. The number of rotatable bonds is 1. The van der Waals surface area contributed by atoms with Crippen LogP contribution in [0.25, 0.3) is 21.9 Å². The van der Waals surface area contributed by atoms with E-state index < -0.39 is 0 Å². The van der Waals surface area contributed by atoms with E-state index in [2.05, 4.69) is 55.1 Å². The summed E-state index contributed by atoms with van der Waals surface area (Å²) in [5.74, 6) is 0.846. The summed E-state index contributed by atoms with van der Waals surface area (Å²) in [5, 5.41) is 2.49. The summed E-state index contributed by atoms with van der Waals surface area (Å²) in [6.07, 6.45) is 5.48. The summed E-state index contributed by atoms with van der Waals surface area (Å²) in [6, 6.07) is 14.2. The van der Waals surface area contributed by atoms with Crippen molar-refractivity contribution < 1.29 is 4.42 Å². The molecule has 3 aromatic rings. The topological polar surface area (TPSA) is 16.4 Å². The van der Waals surface area contributed by atoms with Gasteiger partial charge in [-0.2, -0.15) is 0 Å². The van der Waals surface area contributed by atoms with E-state index in [1.165, 1.54) is 47.7 Å². The molecule has 1 atom stereocenters. The third-order valence-corrected chi connectivity index (χ3v) is 6.24. The first kappa shape index (κ1) is 13.5. The average molecular weight is 305 g/mol. The third-order valence-electron chi connectivity index (χ3n) is 6.24. The Balaban J connectivity index is 1.79. The zero-order chi connectivity index (χ0) is 15.6. The summed E-state index contributed by atoms with van der Waals surface area (Å²) in [5.41, 5.74) is 4.78. The number of benzene rings is 2. The van der Waals surface area contributed by atoms with Crippen molar-refractivity contribution in [3.05, 3.63) is 42.0 Å². The molecule has 3 heterocycles. The molecule has 2 heteroatoms. The lowest BCUT2D eigenvalue weighted by Crippen LogP contribution is -2.54. The molecule has 1 unspecified atom stereocenters. The first-order valence-electron chi connectivity index (χ1n) is 8.93. The molecule has 118 valence electrons. The molecule has 3 aliphatic rings. The van der Waals surface area contributed by atoms with Crippen LogP contribution < -0.4 is 4.90 Å². The lowest BCUT2D eigenvalue weighted by molar-refractivity contribution is 0.200. The molecule has 0 spiro atoms. The molecule has 2 saturated heterocycles. The second-order valence-corrected chi connectivity index (χ2v) is 7.42. The molecule has 3 fully saturated rings. The van der Waals surface area contributed by atoms with Gasteiger partial charge >= 0.3 is 0 Å². The monoisotopic (exact) mass is 305 g/mol. The predicted molar refractivity (Wildman–Crippen MR) is 96.1 cm³/mol. The maximum Gasteiger partial charge on any atom is 0.158 e. The summed E-state index contributed by atoms with van der Waals surface area (Å²) in [6.45, 7) is 4.65. The fourth-order valence-electron chi connectivity index (χ4n) is 5.00. The summed E-state index contributed by atoms with van der Waals surface area (Å²) in [7, 11) is 0. The molecule has 0 amide bonds. The number of hydrogen-bond donors (Lipinski definition) is 0. The van der Waals surface area contributed by atoms with E-state index in [1.807, 2.05) is 0 Å². The van der Waals surface area contributed by atoms with Gasteiger partial charge in [-0.3, -0.25) is 0 Å². The summed E-state index contributed by atoms with van der Waals surface area (Å²) in [4.78, 5) is 2.69. The van der Waals surface area contributed by atoms with Crippen LogP contribution >= 0.6 is 0 Å². The fraction of sp³-hybridized carbons (Fsp3) is 0.429. The summed E-state index contributed by atoms with van der Waals surface area (Å²) >= 11 is 0. The van der Waals surface area contributed by atoms with Crippen LogP contribution in [0.4, 0.5) is 5.69 Å². The minimum atomic E-state index is 0.625. The molecule has 1 aromatic heterocycles. The van der Waals surface area contributed by atoms with Gasteiger partial charge in [-0.05, 0) is 57.1 Å².